The predicted octanol–water partition coefficient (Wildman–Crippen LogP) is 4.94. The number of carbonyl (C=O) groups excluding carboxylic acids is 2. The number of para-hydroxylation sites is 1. The highest BCUT2D eigenvalue weighted by Crippen LogP contribution is 2.20. The highest BCUT2D eigenvalue weighted by molar-refractivity contribution is 9.10. The van der Waals surface area contributed by atoms with Gasteiger partial charge in [0, 0.05) is 11.0 Å². The van der Waals surface area contributed by atoms with Crippen molar-refractivity contribution in [1.29, 1.82) is 0 Å². The summed E-state index contributed by atoms with van der Waals surface area (Å²) < 4.78 is 0.698. The molecule has 136 valence electrons. The van der Waals surface area contributed by atoms with Crippen LogP contribution in [0.5, 0.6) is 0 Å². The lowest BCUT2D eigenvalue weighted by Gasteiger charge is -2.12. The van der Waals surface area contributed by atoms with Crippen LogP contribution in [0.3, 0.4) is 0 Å². The number of rotatable bonds is 5. The largest absolute Gasteiger partial charge is 0.348 e. The van der Waals surface area contributed by atoms with Gasteiger partial charge in [-0.05, 0) is 52.7 Å². The van der Waals surface area contributed by atoms with E-state index in [1.54, 1.807) is 42.5 Å². The third-order valence-corrected chi connectivity index (χ3v) is 4.80. The van der Waals surface area contributed by atoms with E-state index in [-0.39, 0.29) is 11.8 Å². The Balaban J connectivity index is 1.73. The van der Waals surface area contributed by atoms with Gasteiger partial charge < -0.3 is 10.6 Å². The zero-order valence-corrected chi connectivity index (χ0v) is 16.4. The van der Waals surface area contributed by atoms with Crippen LogP contribution in [0.25, 0.3) is 0 Å². The minimum absolute atomic E-state index is 0.237. The van der Waals surface area contributed by atoms with E-state index in [9.17, 15) is 9.59 Å². The monoisotopic (exact) mass is 422 g/mol. The Hall–Kier alpha value is -2.92. The van der Waals surface area contributed by atoms with Crippen molar-refractivity contribution in [2.24, 2.45) is 0 Å². The molecule has 0 radical (unpaired) electrons. The fourth-order valence-corrected chi connectivity index (χ4v) is 3.07. The number of carbonyl (C=O) groups is 2. The summed E-state index contributed by atoms with van der Waals surface area (Å²) in [5.41, 5.74) is 3.59. The fraction of sp³-hybridized carbons (Fsp3) is 0.0909. The topological polar surface area (TPSA) is 58.2 Å². The molecule has 3 rings (SSSR count). The summed E-state index contributed by atoms with van der Waals surface area (Å²) in [6.45, 7) is 2.44. The Morgan fingerprint density at radius 3 is 2.15 bits per heavy atom. The lowest BCUT2D eigenvalue weighted by molar-refractivity contribution is 0.0952. The van der Waals surface area contributed by atoms with Gasteiger partial charge in [-0.1, -0.05) is 54.1 Å². The molecule has 0 heterocycles. The summed E-state index contributed by atoms with van der Waals surface area (Å²) >= 11 is 3.37. The Morgan fingerprint density at radius 1 is 0.815 bits per heavy atom. The van der Waals surface area contributed by atoms with Crippen molar-refractivity contribution >= 4 is 33.4 Å². The number of anilines is 1. The molecule has 2 N–H and O–H groups in total. The number of nitrogens with one attached hydrogen (secondary N) is 2. The summed E-state index contributed by atoms with van der Waals surface area (Å²) in [4.78, 5) is 25.2. The molecule has 0 fully saturated rings. The average Bonchev–Trinajstić information content (AvgIpc) is 2.68. The first-order valence-corrected chi connectivity index (χ1v) is 9.32. The molecule has 0 saturated heterocycles. The quantitative estimate of drug-likeness (QED) is 0.611. The van der Waals surface area contributed by atoms with Gasteiger partial charge in [-0.25, -0.2) is 0 Å². The van der Waals surface area contributed by atoms with Gasteiger partial charge in [0.25, 0.3) is 11.8 Å². The van der Waals surface area contributed by atoms with Gasteiger partial charge in [0.05, 0.1) is 16.8 Å². The van der Waals surface area contributed by atoms with Crippen molar-refractivity contribution in [3.63, 3.8) is 0 Å². The van der Waals surface area contributed by atoms with Gasteiger partial charge in [0.1, 0.15) is 0 Å². The first-order chi connectivity index (χ1) is 13.0. The minimum Gasteiger partial charge on any atom is -0.348 e. The standard InChI is InChI=1S/C22H19BrN2O2/c1-15-10-12-16(13-11-15)14-24-21(26)18-7-3-5-9-20(18)25-22(27)17-6-2-4-8-19(17)23/h2-13H,14H2,1H3,(H,24,26)(H,25,27). The Kier molecular flexibility index (Phi) is 6.04. The van der Waals surface area contributed by atoms with E-state index >= 15 is 0 Å². The van der Waals surface area contributed by atoms with E-state index in [1.807, 2.05) is 37.3 Å². The second kappa shape index (κ2) is 8.64. The molecule has 0 bridgehead atoms. The molecular weight excluding hydrogens is 404 g/mol. The first-order valence-electron chi connectivity index (χ1n) is 8.53. The summed E-state index contributed by atoms with van der Waals surface area (Å²) in [6.07, 6.45) is 0. The molecule has 0 aliphatic carbocycles. The summed E-state index contributed by atoms with van der Waals surface area (Å²) in [5, 5.41) is 5.72. The van der Waals surface area contributed by atoms with Crippen LogP contribution in [-0.2, 0) is 6.54 Å². The lowest BCUT2D eigenvalue weighted by Crippen LogP contribution is -2.25. The molecule has 0 aliphatic rings. The molecule has 27 heavy (non-hydrogen) atoms. The van der Waals surface area contributed by atoms with Gasteiger partial charge >= 0.3 is 0 Å². The number of amides is 2. The SMILES string of the molecule is Cc1ccc(CNC(=O)c2ccccc2NC(=O)c2ccccc2Br)cc1. The third kappa shape index (κ3) is 4.83. The van der Waals surface area contributed by atoms with Crippen LogP contribution in [0.4, 0.5) is 5.69 Å². The molecular formula is C22H19BrN2O2. The molecule has 3 aromatic rings. The molecule has 0 atom stereocenters. The van der Waals surface area contributed by atoms with Crippen molar-refractivity contribution in [3.05, 3.63) is 99.5 Å². The Morgan fingerprint density at radius 2 is 1.44 bits per heavy atom. The van der Waals surface area contributed by atoms with E-state index in [1.165, 1.54) is 5.56 Å². The molecule has 0 aromatic heterocycles. The molecule has 2 amide bonds. The first kappa shape index (κ1) is 18.9. The van der Waals surface area contributed by atoms with E-state index in [0.717, 1.165) is 5.56 Å². The van der Waals surface area contributed by atoms with Crippen LogP contribution in [0.1, 0.15) is 31.8 Å². The van der Waals surface area contributed by atoms with Gasteiger partial charge in [0.15, 0.2) is 0 Å². The second-order valence-corrected chi connectivity index (χ2v) is 7.00. The van der Waals surface area contributed by atoms with Crippen molar-refractivity contribution in [3.8, 4) is 0 Å². The molecule has 4 nitrogen and oxygen atoms in total. The summed E-state index contributed by atoms with van der Waals surface area (Å²) in [5.74, 6) is -0.514. The van der Waals surface area contributed by atoms with Crippen LogP contribution >= 0.6 is 15.9 Å². The maximum atomic E-state index is 12.6. The minimum atomic E-state index is -0.277. The van der Waals surface area contributed by atoms with E-state index < -0.39 is 0 Å². The van der Waals surface area contributed by atoms with Gasteiger partial charge in [-0.3, -0.25) is 9.59 Å². The molecule has 0 spiro atoms. The van der Waals surface area contributed by atoms with E-state index in [2.05, 4.69) is 26.6 Å². The molecule has 0 unspecified atom stereocenters. The zero-order valence-electron chi connectivity index (χ0n) is 14.8. The summed E-state index contributed by atoms with van der Waals surface area (Å²) in [6, 6.07) is 22.1. The van der Waals surface area contributed by atoms with Crippen LogP contribution in [0.15, 0.2) is 77.3 Å². The van der Waals surface area contributed by atoms with Gasteiger partial charge in [0.2, 0.25) is 0 Å². The number of aryl methyl sites for hydroxylation is 1. The van der Waals surface area contributed by atoms with Crippen molar-refractivity contribution in [2.75, 3.05) is 5.32 Å². The number of halogens is 1. The molecule has 0 aliphatic heterocycles. The van der Waals surface area contributed by atoms with Crippen molar-refractivity contribution in [2.45, 2.75) is 13.5 Å². The molecule has 5 heteroatoms. The van der Waals surface area contributed by atoms with Gasteiger partial charge in [-0.15, -0.1) is 0 Å². The fourth-order valence-electron chi connectivity index (χ4n) is 2.61. The highest BCUT2D eigenvalue weighted by Gasteiger charge is 2.15. The normalized spacial score (nSPS) is 10.3. The zero-order chi connectivity index (χ0) is 19.2. The van der Waals surface area contributed by atoms with Crippen LogP contribution in [-0.4, -0.2) is 11.8 Å². The third-order valence-electron chi connectivity index (χ3n) is 4.11. The summed E-state index contributed by atoms with van der Waals surface area (Å²) in [7, 11) is 0. The van der Waals surface area contributed by atoms with Crippen LogP contribution in [0, 0.1) is 6.92 Å². The van der Waals surface area contributed by atoms with Gasteiger partial charge in [-0.2, -0.15) is 0 Å². The predicted molar refractivity (Wildman–Crippen MR) is 111 cm³/mol. The smallest absolute Gasteiger partial charge is 0.256 e. The Labute approximate surface area is 166 Å². The molecule has 0 saturated carbocycles. The van der Waals surface area contributed by atoms with Crippen LogP contribution in [0.2, 0.25) is 0 Å². The molecule has 3 aromatic carbocycles. The van der Waals surface area contributed by atoms with Crippen molar-refractivity contribution < 1.29 is 9.59 Å². The highest BCUT2D eigenvalue weighted by atomic mass is 79.9. The number of hydrogen-bond donors (Lipinski definition) is 2. The van der Waals surface area contributed by atoms with E-state index in [0.29, 0.717) is 27.8 Å². The van der Waals surface area contributed by atoms with Crippen molar-refractivity contribution in [1.82, 2.24) is 5.32 Å². The van der Waals surface area contributed by atoms with Crippen LogP contribution < -0.4 is 10.6 Å². The second-order valence-electron chi connectivity index (χ2n) is 6.15. The lowest BCUT2D eigenvalue weighted by atomic mass is 10.1. The number of hydrogen-bond acceptors (Lipinski definition) is 2. The maximum Gasteiger partial charge on any atom is 0.256 e. The van der Waals surface area contributed by atoms with E-state index in [4.69, 9.17) is 0 Å². The maximum absolute atomic E-state index is 12.6. The average molecular weight is 423 g/mol. The Bertz CT molecular complexity index is 968. The number of benzene rings is 3.